The first-order valence-corrected chi connectivity index (χ1v) is 8.92. The van der Waals surface area contributed by atoms with Crippen molar-refractivity contribution in [2.45, 2.75) is 13.0 Å². The van der Waals surface area contributed by atoms with Gasteiger partial charge in [-0.3, -0.25) is 9.59 Å². The van der Waals surface area contributed by atoms with Gasteiger partial charge < -0.3 is 15.0 Å². The molecule has 0 spiro atoms. The predicted molar refractivity (Wildman–Crippen MR) is 96.2 cm³/mol. The van der Waals surface area contributed by atoms with Crippen molar-refractivity contribution < 1.29 is 14.3 Å². The number of carbonyl (C=O) groups is 2. The van der Waals surface area contributed by atoms with Crippen LogP contribution >= 0.6 is 34.5 Å². The number of anilines is 2. The van der Waals surface area contributed by atoms with Gasteiger partial charge in [0.25, 0.3) is 0 Å². The molecule has 1 aliphatic heterocycles. The summed E-state index contributed by atoms with van der Waals surface area (Å²) in [6.07, 6.45) is 0.111. The van der Waals surface area contributed by atoms with E-state index in [2.05, 4.69) is 15.5 Å². The Bertz CT molecular complexity index is 794. The third kappa shape index (κ3) is 4.27. The van der Waals surface area contributed by atoms with Crippen LogP contribution in [0.4, 0.5) is 10.8 Å². The Kier molecular flexibility index (Phi) is 5.53. The Balaban J connectivity index is 1.67. The maximum atomic E-state index is 12.4. The van der Waals surface area contributed by atoms with E-state index in [9.17, 15) is 9.59 Å². The fourth-order valence-electron chi connectivity index (χ4n) is 2.52. The maximum absolute atomic E-state index is 12.4. The minimum Gasteiger partial charge on any atom is -0.377 e. The van der Waals surface area contributed by atoms with E-state index in [1.807, 2.05) is 0 Å². The third-order valence-electron chi connectivity index (χ3n) is 3.62. The van der Waals surface area contributed by atoms with Crippen molar-refractivity contribution >= 4 is 57.2 Å². The van der Waals surface area contributed by atoms with Crippen LogP contribution in [0.5, 0.6) is 0 Å². The summed E-state index contributed by atoms with van der Waals surface area (Å²) in [4.78, 5) is 26.2. The highest BCUT2D eigenvalue weighted by Gasteiger charge is 2.35. The highest BCUT2D eigenvalue weighted by atomic mass is 35.5. The second-order valence-electron chi connectivity index (χ2n) is 5.46. The van der Waals surface area contributed by atoms with Gasteiger partial charge in [0.15, 0.2) is 0 Å². The number of aromatic nitrogens is 2. The van der Waals surface area contributed by atoms with Crippen LogP contribution in [-0.2, 0) is 20.9 Å². The van der Waals surface area contributed by atoms with Gasteiger partial charge in [-0.05, 0) is 18.2 Å². The van der Waals surface area contributed by atoms with Gasteiger partial charge in [0.1, 0.15) is 11.6 Å². The number of carbonyl (C=O) groups excluding carboxylic acids is 2. The number of ether oxygens (including phenoxy) is 1. The number of benzene rings is 1. The molecule has 10 heteroatoms. The number of methoxy groups -OCH3 is 1. The number of amides is 2. The largest absolute Gasteiger partial charge is 0.377 e. The van der Waals surface area contributed by atoms with E-state index >= 15 is 0 Å². The second-order valence-corrected chi connectivity index (χ2v) is 7.39. The zero-order valence-corrected chi connectivity index (χ0v) is 15.5. The topological polar surface area (TPSA) is 84.4 Å². The Labute approximate surface area is 157 Å². The molecule has 1 saturated heterocycles. The van der Waals surface area contributed by atoms with Gasteiger partial charge in [0.2, 0.25) is 16.9 Å². The monoisotopic (exact) mass is 400 g/mol. The van der Waals surface area contributed by atoms with E-state index in [-0.39, 0.29) is 24.8 Å². The molecule has 0 saturated carbocycles. The van der Waals surface area contributed by atoms with Crippen LogP contribution in [0.2, 0.25) is 10.0 Å². The summed E-state index contributed by atoms with van der Waals surface area (Å²) in [6.45, 7) is 0.587. The summed E-state index contributed by atoms with van der Waals surface area (Å²) >= 11 is 13.2. The number of nitrogens with one attached hydrogen (secondary N) is 1. The number of halogens is 2. The molecular formula is C15H14Cl2N4O3S. The van der Waals surface area contributed by atoms with Crippen molar-refractivity contribution in [3.63, 3.8) is 0 Å². The van der Waals surface area contributed by atoms with E-state index in [1.165, 1.54) is 16.2 Å². The summed E-state index contributed by atoms with van der Waals surface area (Å²) in [5.41, 5.74) is 0.580. The fraction of sp³-hybridized carbons (Fsp3) is 0.333. The molecule has 2 amide bonds. The minimum atomic E-state index is -0.486. The third-order valence-corrected chi connectivity index (χ3v) is 4.87. The molecule has 1 aromatic carbocycles. The van der Waals surface area contributed by atoms with Gasteiger partial charge in [0.05, 0.1) is 5.92 Å². The van der Waals surface area contributed by atoms with Gasteiger partial charge in [-0.1, -0.05) is 34.5 Å². The molecule has 0 bridgehead atoms. The molecule has 1 unspecified atom stereocenters. The van der Waals surface area contributed by atoms with Crippen molar-refractivity contribution in [2.75, 3.05) is 23.9 Å². The fourth-order valence-corrected chi connectivity index (χ4v) is 3.75. The lowest BCUT2D eigenvalue weighted by atomic mass is 10.1. The van der Waals surface area contributed by atoms with Crippen molar-refractivity contribution in [2.24, 2.45) is 5.92 Å². The molecule has 1 atom stereocenters. The minimum absolute atomic E-state index is 0.111. The first-order chi connectivity index (χ1) is 12.0. The molecule has 0 radical (unpaired) electrons. The predicted octanol–water partition coefficient (Wildman–Crippen LogP) is 2.98. The molecule has 1 N–H and O–H groups in total. The van der Waals surface area contributed by atoms with Crippen LogP contribution in [0.1, 0.15) is 11.4 Å². The Hall–Kier alpha value is -1.74. The molecule has 2 aromatic rings. The van der Waals surface area contributed by atoms with Crippen LogP contribution < -0.4 is 10.2 Å². The molecule has 3 rings (SSSR count). The highest BCUT2D eigenvalue weighted by molar-refractivity contribution is 7.15. The Morgan fingerprint density at radius 2 is 2.08 bits per heavy atom. The van der Waals surface area contributed by atoms with Crippen LogP contribution in [0, 0.1) is 5.92 Å². The molecule has 1 fully saturated rings. The molecule has 25 heavy (non-hydrogen) atoms. The summed E-state index contributed by atoms with van der Waals surface area (Å²) in [6, 6.07) is 4.88. The summed E-state index contributed by atoms with van der Waals surface area (Å²) in [5.74, 6) is -0.917. The summed E-state index contributed by atoms with van der Waals surface area (Å²) in [5, 5.41) is 12.4. The number of nitrogens with zero attached hydrogens (tertiary/aromatic N) is 3. The van der Waals surface area contributed by atoms with Crippen LogP contribution in [0.3, 0.4) is 0 Å². The second kappa shape index (κ2) is 7.65. The van der Waals surface area contributed by atoms with Gasteiger partial charge in [-0.2, -0.15) is 0 Å². The van der Waals surface area contributed by atoms with Gasteiger partial charge in [-0.15, -0.1) is 10.2 Å². The molecule has 132 valence electrons. The zero-order chi connectivity index (χ0) is 18.0. The maximum Gasteiger partial charge on any atom is 0.231 e. The highest BCUT2D eigenvalue weighted by Crippen LogP contribution is 2.31. The molecule has 1 aromatic heterocycles. The van der Waals surface area contributed by atoms with Crippen molar-refractivity contribution in [3.05, 3.63) is 33.3 Å². The molecule has 1 aliphatic rings. The first-order valence-electron chi connectivity index (χ1n) is 7.35. The average Bonchev–Trinajstić information content (AvgIpc) is 3.13. The summed E-state index contributed by atoms with van der Waals surface area (Å²) in [7, 11) is 1.56. The molecular weight excluding hydrogens is 387 g/mol. The van der Waals surface area contributed by atoms with Crippen LogP contribution in [-0.4, -0.2) is 35.7 Å². The summed E-state index contributed by atoms with van der Waals surface area (Å²) < 4.78 is 4.96. The quantitative estimate of drug-likeness (QED) is 0.833. The van der Waals surface area contributed by atoms with Crippen molar-refractivity contribution in [3.8, 4) is 0 Å². The van der Waals surface area contributed by atoms with E-state index in [4.69, 9.17) is 27.9 Å². The van der Waals surface area contributed by atoms with E-state index < -0.39 is 5.92 Å². The lowest BCUT2D eigenvalue weighted by Crippen LogP contribution is -2.28. The van der Waals surface area contributed by atoms with Crippen molar-refractivity contribution in [1.82, 2.24) is 10.2 Å². The number of rotatable bonds is 5. The first kappa shape index (κ1) is 18.1. The smallest absolute Gasteiger partial charge is 0.231 e. The Morgan fingerprint density at radius 1 is 1.36 bits per heavy atom. The van der Waals surface area contributed by atoms with Gasteiger partial charge in [-0.25, -0.2) is 0 Å². The van der Waals surface area contributed by atoms with Crippen LogP contribution in [0.15, 0.2) is 18.2 Å². The lowest BCUT2D eigenvalue weighted by molar-refractivity contribution is -0.122. The molecule has 7 nitrogen and oxygen atoms in total. The van der Waals surface area contributed by atoms with E-state index in [0.29, 0.717) is 32.5 Å². The van der Waals surface area contributed by atoms with Crippen LogP contribution in [0.25, 0.3) is 0 Å². The van der Waals surface area contributed by atoms with Crippen molar-refractivity contribution in [1.29, 1.82) is 0 Å². The zero-order valence-electron chi connectivity index (χ0n) is 13.2. The lowest BCUT2D eigenvalue weighted by Gasteiger charge is -2.17. The Morgan fingerprint density at radius 3 is 2.76 bits per heavy atom. The SMILES string of the molecule is COCc1nnc(NC(=O)C2CC(=O)N(c3cc(Cl)cc(Cl)c3)C2)s1. The number of hydrogen-bond donors (Lipinski definition) is 1. The molecule has 0 aliphatic carbocycles. The van der Waals surface area contributed by atoms with E-state index in [0.717, 1.165) is 0 Å². The van der Waals surface area contributed by atoms with Gasteiger partial charge in [0, 0.05) is 35.8 Å². The van der Waals surface area contributed by atoms with E-state index in [1.54, 1.807) is 25.3 Å². The molecule has 2 heterocycles. The number of hydrogen-bond acceptors (Lipinski definition) is 6. The standard InChI is InChI=1S/C15H14Cl2N4O3S/c1-24-7-12-19-20-15(25-12)18-14(23)8-2-13(22)21(6-8)11-4-9(16)3-10(17)5-11/h3-5,8H,2,6-7H2,1H3,(H,18,20,23). The van der Waals surface area contributed by atoms with Gasteiger partial charge >= 0.3 is 0 Å². The average molecular weight is 401 g/mol. The normalized spacial score (nSPS) is 17.2.